The predicted molar refractivity (Wildman–Crippen MR) is 53.4 cm³/mol. The maximum atomic E-state index is 10.9. The minimum absolute atomic E-state index is 0.0428. The second-order valence-corrected chi connectivity index (χ2v) is 3.51. The number of fused-ring (bicyclic) bond motifs is 1. The lowest BCUT2D eigenvalue weighted by Crippen LogP contribution is -2.13. The highest BCUT2D eigenvalue weighted by Crippen LogP contribution is 2.31. The molecule has 1 nitrogen and oxygen atoms in total. The Morgan fingerprint density at radius 1 is 1.31 bits per heavy atom. The smallest absolute Gasteiger partial charge is 0.128 e. The number of carbonyl (C=O) groups is 1. The Labute approximate surface area is 78.1 Å². The third-order valence-corrected chi connectivity index (χ3v) is 2.65. The first-order valence-electron chi connectivity index (χ1n) is 4.55. The van der Waals surface area contributed by atoms with Gasteiger partial charge in [-0.25, -0.2) is 0 Å². The number of allylic oxidation sites excluding steroid dienone is 1. The predicted octanol–water partition coefficient (Wildman–Crippen LogP) is 2.63. The SMILES string of the molecule is C[C@@H]1C=Cc2ccccc2[C@H]1C=O. The molecule has 0 fully saturated rings. The van der Waals surface area contributed by atoms with E-state index in [0.717, 1.165) is 11.8 Å². The van der Waals surface area contributed by atoms with Crippen molar-refractivity contribution in [3.8, 4) is 0 Å². The molecule has 1 aliphatic rings. The largest absolute Gasteiger partial charge is 0.303 e. The summed E-state index contributed by atoms with van der Waals surface area (Å²) < 4.78 is 0. The molecule has 66 valence electrons. The van der Waals surface area contributed by atoms with Crippen molar-refractivity contribution in [1.82, 2.24) is 0 Å². The zero-order valence-electron chi connectivity index (χ0n) is 7.60. The Morgan fingerprint density at radius 2 is 2.08 bits per heavy atom. The minimum atomic E-state index is 0.0428. The van der Waals surface area contributed by atoms with Crippen LogP contribution >= 0.6 is 0 Å². The van der Waals surface area contributed by atoms with Crippen LogP contribution in [0.2, 0.25) is 0 Å². The van der Waals surface area contributed by atoms with Gasteiger partial charge in [-0.2, -0.15) is 0 Å². The fourth-order valence-electron chi connectivity index (χ4n) is 1.82. The van der Waals surface area contributed by atoms with E-state index in [-0.39, 0.29) is 5.92 Å². The van der Waals surface area contributed by atoms with E-state index < -0.39 is 0 Å². The maximum Gasteiger partial charge on any atom is 0.128 e. The van der Waals surface area contributed by atoms with E-state index in [2.05, 4.69) is 19.1 Å². The van der Waals surface area contributed by atoms with Crippen molar-refractivity contribution in [3.63, 3.8) is 0 Å². The number of carbonyl (C=O) groups excluding carboxylic acids is 1. The van der Waals surface area contributed by atoms with Crippen molar-refractivity contribution in [3.05, 3.63) is 41.5 Å². The molecule has 2 atom stereocenters. The van der Waals surface area contributed by atoms with Gasteiger partial charge in [0.1, 0.15) is 6.29 Å². The van der Waals surface area contributed by atoms with Gasteiger partial charge in [0, 0.05) is 5.92 Å². The number of benzene rings is 1. The highest BCUT2D eigenvalue weighted by atomic mass is 16.1. The van der Waals surface area contributed by atoms with Gasteiger partial charge in [0.15, 0.2) is 0 Å². The standard InChI is InChI=1S/C12H12O/c1-9-6-7-10-4-2-3-5-11(10)12(9)8-13/h2-9,12H,1H3/t9-,12+/m1/s1. The maximum absolute atomic E-state index is 10.9. The Balaban J connectivity index is 2.53. The minimum Gasteiger partial charge on any atom is -0.303 e. The first kappa shape index (κ1) is 8.24. The summed E-state index contributed by atoms with van der Waals surface area (Å²) >= 11 is 0. The average Bonchev–Trinajstić information content (AvgIpc) is 2.18. The molecule has 0 amide bonds. The van der Waals surface area contributed by atoms with Gasteiger partial charge >= 0.3 is 0 Å². The summed E-state index contributed by atoms with van der Waals surface area (Å²) in [6, 6.07) is 8.07. The summed E-state index contributed by atoms with van der Waals surface area (Å²) in [4.78, 5) is 10.9. The first-order valence-corrected chi connectivity index (χ1v) is 4.55. The van der Waals surface area contributed by atoms with Gasteiger partial charge in [0.05, 0.1) is 0 Å². The normalized spacial score (nSPS) is 25.3. The molecule has 0 saturated heterocycles. The first-order chi connectivity index (χ1) is 6.33. The van der Waals surface area contributed by atoms with Crippen LogP contribution in [0, 0.1) is 5.92 Å². The molecule has 0 saturated carbocycles. The van der Waals surface area contributed by atoms with Crippen LogP contribution < -0.4 is 0 Å². The number of hydrogen-bond donors (Lipinski definition) is 0. The number of rotatable bonds is 1. The molecule has 13 heavy (non-hydrogen) atoms. The molecule has 0 radical (unpaired) electrons. The van der Waals surface area contributed by atoms with Crippen LogP contribution in [0.3, 0.4) is 0 Å². The third-order valence-electron chi connectivity index (χ3n) is 2.65. The van der Waals surface area contributed by atoms with Crippen molar-refractivity contribution < 1.29 is 4.79 Å². The van der Waals surface area contributed by atoms with Gasteiger partial charge in [-0.05, 0) is 17.0 Å². The fraction of sp³-hybridized carbons (Fsp3) is 0.250. The lowest BCUT2D eigenvalue weighted by molar-refractivity contribution is -0.109. The molecule has 1 aromatic rings. The molecule has 1 aromatic carbocycles. The van der Waals surface area contributed by atoms with Crippen LogP contribution in [0.5, 0.6) is 0 Å². The van der Waals surface area contributed by atoms with Crippen LogP contribution in [0.15, 0.2) is 30.3 Å². The molecule has 0 aliphatic heterocycles. The average molecular weight is 172 g/mol. The zero-order valence-corrected chi connectivity index (χ0v) is 7.60. The Morgan fingerprint density at radius 3 is 2.85 bits per heavy atom. The molecule has 0 bridgehead atoms. The van der Waals surface area contributed by atoms with E-state index in [1.54, 1.807) is 0 Å². The van der Waals surface area contributed by atoms with Gasteiger partial charge in [0.25, 0.3) is 0 Å². The van der Waals surface area contributed by atoms with Gasteiger partial charge in [-0.1, -0.05) is 43.3 Å². The number of hydrogen-bond acceptors (Lipinski definition) is 1. The van der Waals surface area contributed by atoms with Gasteiger partial charge in [-0.3, -0.25) is 0 Å². The monoisotopic (exact) mass is 172 g/mol. The van der Waals surface area contributed by atoms with Crippen LogP contribution in [0.1, 0.15) is 24.0 Å². The van der Waals surface area contributed by atoms with E-state index >= 15 is 0 Å². The Bertz CT molecular complexity index is 352. The highest BCUT2D eigenvalue weighted by Gasteiger charge is 2.21. The molecule has 0 N–H and O–H groups in total. The molecular weight excluding hydrogens is 160 g/mol. The zero-order chi connectivity index (χ0) is 9.26. The summed E-state index contributed by atoms with van der Waals surface area (Å²) in [6.07, 6.45) is 5.24. The van der Waals surface area contributed by atoms with Crippen molar-refractivity contribution in [2.45, 2.75) is 12.8 Å². The Hall–Kier alpha value is -1.37. The molecule has 0 aromatic heterocycles. The van der Waals surface area contributed by atoms with E-state index in [4.69, 9.17) is 0 Å². The fourth-order valence-corrected chi connectivity index (χ4v) is 1.82. The molecule has 1 aliphatic carbocycles. The van der Waals surface area contributed by atoms with Gasteiger partial charge in [-0.15, -0.1) is 0 Å². The summed E-state index contributed by atoms with van der Waals surface area (Å²) in [5, 5.41) is 0. The molecule has 0 unspecified atom stereocenters. The van der Waals surface area contributed by atoms with Crippen molar-refractivity contribution >= 4 is 12.4 Å². The van der Waals surface area contributed by atoms with Crippen molar-refractivity contribution in [2.75, 3.05) is 0 Å². The molecular formula is C12H12O. The van der Waals surface area contributed by atoms with Crippen LogP contribution in [0.25, 0.3) is 6.08 Å². The van der Waals surface area contributed by atoms with E-state index in [9.17, 15) is 4.79 Å². The van der Waals surface area contributed by atoms with E-state index in [1.807, 2.05) is 24.3 Å². The molecule has 2 rings (SSSR count). The van der Waals surface area contributed by atoms with Crippen LogP contribution in [0.4, 0.5) is 0 Å². The summed E-state index contributed by atoms with van der Waals surface area (Å²) in [5.74, 6) is 0.369. The van der Waals surface area contributed by atoms with E-state index in [1.165, 1.54) is 5.56 Å². The van der Waals surface area contributed by atoms with Gasteiger partial charge < -0.3 is 4.79 Å². The lowest BCUT2D eigenvalue weighted by atomic mass is 9.81. The summed E-state index contributed by atoms with van der Waals surface area (Å²) in [5.41, 5.74) is 2.34. The van der Waals surface area contributed by atoms with Crippen molar-refractivity contribution in [2.24, 2.45) is 5.92 Å². The molecule has 1 heteroatoms. The van der Waals surface area contributed by atoms with E-state index in [0.29, 0.717) is 5.92 Å². The third kappa shape index (κ3) is 1.31. The van der Waals surface area contributed by atoms with Crippen LogP contribution in [-0.2, 0) is 4.79 Å². The molecule has 0 spiro atoms. The quantitative estimate of drug-likeness (QED) is 0.595. The second kappa shape index (κ2) is 3.17. The van der Waals surface area contributed by atoms with Crippen molar-refractivity contribution in [1.29, 1.82) is 0 Å². The molecule has 0 heterocycles. The van der Waals surface area contributed by atoms with Crippen LogP contribution in [-0.4, -0.2) is 6.29 Å². The Kier molecular flexibility index (Phi) is 2.01. The lowest BCUT2D eigenvalue weighted by Gasteiger charge is -2.22. The highest BCUT2D eigenvalue weighted by molar-refractivity contribution is 5.71. The summed E-state index contributed by atoms with van der Waals surface area (Å²) in [6.45, 7) is 2.07. The number of aldehydes is 1. The topological polar surface area (TPSA) is 17.1 Å². The van der Waals surface area contributed by atoms with Gasteiger partial charge in [0.2, 0.25) is 0 Å². The summed E-state index contributed by atoms with van der Waals surface area (Å²) in [7, 11) is 0. The second-order valence-electron chi connectivity index (χ2n) is 3.51.